The monoisotopic (exact) mass is 251 g/mol. The smallest absolute Gasteiger partial charge is 0.222 e. The van der Waals surface area contributed by atoms with E-state index in [2.05, 4.69) is 22.2 Å². The van der Waals surface area contributed by atoms with E-state index in [1.54, 1.807) is 0 Å². The van der Waals surface area contributed by atoms with Gasteiger partial charge in [0.15, 0.2) is 0 Å². The molecule has 0 bridgehead atoms. The van der Waals surface area contributed by atoms with Gasteiger partial charge < -0.3 is 14.8 Å². The molecule has 0 saturated carbocycles. The molecule has 2 heterocycles. The van der Waals surface area contributed by atoms with Crippen LogP contribution in [0.15, 0.2) is 0 Å². The molecule has 18 heavy (non-hydrogen) atoms. The van der Waals surface area contributed by atoms with Gasteiger partial charge in [-0.2, -0.15) is 4.98 Å². The van der Waals surface area contributed by atoms with E-state index < -0.39 is 0 Å². The minimum atomic E-state index is 0.122. The molecule has 1 atom stereocenters. The lowest BCUT2D eigenvalue weighted by atomic mass is 10.3. The molecular weight excluding hydrogens is 230 g/mol. The van der Waals surface area contributed by atoms with Crippen LogP contribution in [0.3, 0.4) is 0 Å². The quantitative estimate of drug-likeness (QED) is 0.868. The van der Waals surface area contributed by atoms with Crippen LogP contribution in [-0.2, 0) is 4.74 Å². The van der Waals surface area contributed by atoms with Crippen LogP contribution in [0.4, 0.5) is 5.82 Å². The lowest BCUT2D eigenvalue weighted by molar-refractivity contribution is 0.137. The van der Waals surface area contributed by atoms with Crippen molar-refractivity contribution in [3.63, 3.8) is 0 Å². The first-order valence-corrected chi connectivity index (χ1v) is 6.54. The summed E-state index contributed by atoms with van der Waals surface area (Å²) < 4.78 is 11.2. The second kappa shape index (κ2) is 6.00. The number of nitrogens with zero attached hydrogens (tertiary/aromatic N) is 2. The number of anilines is 1. The van der Waals surface area contributed by atoms with Crippen molar-refractivity contribution in [1.82, 2.24) is 9.97 Å². The van der Waals surface area contributed by atoms with Gasteiger partial charge in [0, 0.05) is 13.0 Å². The van der Waals surface area contributed by atoms with Gasteiger partial charge in [0.1, 0.15) is 17.7 Å². The largest absolute Gasteiger partial charge is 0.471 e. The highest BCUT2D eigenvalue weighted by molar-refractivity contribution is 5.48. The molecule has 0 aliphatic carbocycles. The molecular formula is C13H21N3O2. The summed E-state index contributed by atoms with van der Waals surface area (Å²) in [6.45, 7) is 8.33. The number of aromatic nitrogens is 2. The second-order valence-electron chi connectivity index (χ2n) is 4.58. The Morgan fingerprint density at radius 3 is 2.89 bits per heavy atom. The Morgan fingerprint density at radius 1 is 1.39 bits per heavy atom. The van der Waals surface area contributed by atoms with Gasteiger partial charge in [-0.1, -0.05) is 6.92 Å². The van der Waals surface area contributed by atoms with Gasteiger partial charge in [-0.15, -0.1) is 0 Å². The minimum absolute atomic E-state index is 0.122. The molecule has 0 radical (unpaired) electrons. The topological polar surface area (TPSA) is 56.3 Å². The maximum atomic E-state index is 5.89. The zero-order valence-electron chi connectivity index (χ0n) is 11.3. The SMILES string of the molecule is CCCNc1nc(C)nc(OC2CCOC2)c1C. The maximum Gasteiger partial charge on any atom is 0.222 e. The van der Waals surface area contributed by atoms with Crippen LogP contribution in [0.5, 0.6) is 5.88 Å². The van der Waals surface area contributed by atoms with Crippen molar-refractivity contribution in [2.24, 2.45) is 0 Å². The predicted molar refractivity (Wildman–Crippen MR) is 70.1 cm³/mol. The van der Waals surface area contributed by atoms with Crippen LogP contribution in [-0.4, -0.2) is 35.8 Å². The van der Waals surface area contributed by atoms with Crippen LogP contribution < -0.4 is 10.1 Å². The number of hydrogen-bond acceptors (Lipinski definition) is 5. The Bertz CT molecular complexity index is 403. The normalized spacial score (nSPS) is 18.9. The van der Waals surface area contributed by atoms with Crippen LogP contribution in [0, 0.1) is 13.8 Å². The average Bonchev–Trinajstić information content (AvgIpc) is 2.84. The number of hydrogen-bond donors (Lipinski definition) is 1. The van der Waals surface area contributed by atoms with Crippen LogP contribution in [0.25, 0.3) is 0 Å². The van der Waals surface area contributed by atoms with E-state index in [0.29, 0.717) is 12.5 Å². The molecule has 0 spiro atoms. The summed E-state index contributed by atoms with van der Waals surface area (Å²) in [5.74, 6) is 2.28. The first kappa shape index (κ1) is 13.1. The second-order valence-corrected chi connectivity index (χ2v) is 4.58. The van der Waals surface area contributed by atoms with Crippen molar-refractivity contribution < 1.29 is 9.47 Å². The molecule has 0 amide bonds. The third kappa shape index (κ3) is 3.10. The molecule has 1 aliphatic heterocycles. The van der Waals surface area contributed by atoms with Crippen molar-refractivity contribution >= 4 is 5.82 Å². The van der Waals surface area contributed by atoms with Gasteiger partial charge in [0.2, 0.25) is 5.88 Å². The molecule has 1 aromatic rings. The van der Waals surface area contributed by atoms with Crippen LogP contribution >= 0.6 is 0 Å². The molecule has 1 fully saturated rings. The Balaban J connectivity index is 2.14. The van der Waals surface area contributed by atoms with E-state index in [0.717, 1.165) is 43.2 Å². The molecule has 1 N–H and O–H groups in total. The number of aryl methyl sites for hydroxylation is 1. The van der Waals surface area contributed by atoms with Crippen molar-refractivity contribution in [1.29, 1.82) is 0 Å². The van der Waals surface area contributed by atoms with Crippen molar-refractivity contribution in [2.75, 3.05) is 25.1 Å². The van der Waals surface area contributed by atoms with E-state index in [1.165, 1.54) is 0 Å². The van der Waals surface area contributed by atoms with Crippen molar-refractivity contribution in [3.05, 3.63) is 11.4 Å². The Hall–Kier alpha value is -1.36. The molecule has 2 rings (SSSR count). The molecule has 5 nitrogen and oxygen atoms in total. The molecule has 1 unspecified atom stereocenters. The standard InChI is InChI=1S/C13H21N3O2/c1-4-6-14-12-9(2)13(16-10(3)15-12)18-11-5-7-17-8-11/h11H,4-8H2,1-3H3,(H,14,15,16). The number of ether oxygens (including phenoxy) is 2. The lowest BCUT2D eigenvalue weighted by Crippen LogP contribution is -2.18. The van der Waals surface area contributed by atoms with Crippen molar-refractivity contribution in [3.8, 4) is 5.88 Å². The molecule has 5 heteroatoms. The predicted octanol–water partition coefficient (Wildman–Crippen LogP) is 2.08. The van der Waals surface area contributed by atoms with Gasteiger partial charge >= 0.3 is 0 Å². The highest BCUT2D eigenvalue weighted by Crippen LogP contribution is 2.24. The van der Waals surface area contributed by atoms with Gasteiger partial charge in [-0.05, 0) is 20.3 Å². The van der Waals surface area contributed by atoms with Gasteiger partial charge in [0.05, 0.1) is 18.8 Å². The third-order valence-corrected chi connectivity index (χ3v) is 2.92. The van der Waals surface area contributed by atoms with Crippen LogP contribution in [0.2, 0.25) is 0 Å². The zero-order valence-corrected chi connectivity index (χ0v) is 11.3. The summed E-state index contributed by atoms with van der Waals surface area (Å²) in [4.78, 5) is 8.79. The first-order chi connectivity index (χ1) is 8.70. The highest BCUT2D eigenvalue weighted by Gasteiger charge is 2.20. The molecule has 1 aliphatic rings. The summed E-state index contributed by atoms with van der Waals surface area (Å²) in [6.07, 6.45) is 2.12. The van der Waals surface area contributed by atoms with Crippen molar-refractivity contribution in [2.45, 2.75) is 39.7 Å². The van der Waals surface area contributed by atoms with E-state index >= 15 is 0 Å². The number of rotatable bonds is 5. The van der Waals surface area contributed by atoms with Gasteiger partial charge in [0.25, 0.3) is 0 Å². The Labute approximate surface area is 108 Å². The van der Waals surface area contributed by atoms with Gasteiger partial charge in [-0.25, -0.2) is 4.98 Å². The highest BCUT2D eigenvalue weighted by atomic mass is 16.5. The summed E-state index contributed by atoms with van der Waals surface area (Å²) in [6, 6.07) is 0. The minimum Gasteiger partial charge on any atom is -0.471 e. The zero-order chi connectivity index (χ0) is 13.0. The fraction of sp³-hybridized carbons (Fsp3) is 0.692. The Morgan fingerprint density at radius 2 is 2.22 bits per heavy atom. The number of nitrogens with one attached hydrogen (secondary N) is 1. The van der Waals surface area contributed by atoms with E-state index in [1.807, 2.05) is 13.8 Å². The van der Waals surface area contributed by atoms with Gasteiger partial charge in [-0.3, -0.25) is 0 Å². The van der Waals surface area contributed by atoms with E-state index in [4.69, 9.17) is 9.47 Å². The van der Waals surface area contributed by atoms with E-state index in [-0.39, 0.29) is 6.10 Å². The third-order valence-electron chi connectivity index (χ3n) is 2.92. The Kier molecular flexibility index (Phi) is 4.36. The van der Waals surface area contributed by atoms with E-state index in [9.17, 15) is 0 Å². The summed E-state index contributed by atoms with van der Waals surface area (Å²) in [7, 11) is 0. The summed E-state index contributed by atoms with van der Waals surface area (Å²) in [5.41, 5.74) is 0.973. The lowest BCUT2D eigenvalue weighted by Gasteiger charge is -2.16. The summed E-state index contributed by atoms with van der Waals surface area (Å²) in [5, 5.41) is 3.31. The molecule has 1 aromatic heterocycles. The molecule has 100 valence electrons. The fourth-order valence-corrected chi connectivity index (χ4v) is 1.90. The first-order valence-electron chi connectivity index (χ1n) is 6.54. The maximum absolute atomic E-state index is 5.89. The summed E-state index contributed by atoms with van der Waals surface area (Å²) >= 11 is 0. The molecule has 1 saturated heterocycles. The molecule has 0 aromatic carbocycles. The van der Waals surface area contributed by atoms with Crippen LogP contribution in [0.1, 0.15) is 31.2 Å². The fourth-order valence-electron chi connectivity index (χ4n) is 1.90. The average molecular weight is 251 g/mol.